The molecule has 4 fully saturated rings. The molecule has 0 aliphatic heterocycles. The Kier molecular flexibility index (Phi) is 9.84. The number of hydrogen-bond acceptors (Lipinski definition) is 3. The second-order valence-corrected chi connectivity index (χ2v) is 14.1. The van der Waals surface area contributed by atoms with Gasteiger partial charge in [0.05, 0.1) is 6.10 Å². The summed E-state index contributed by atoms with van der Waals surface area (Å²) >= 11 is 0. The van der Waals surface area contributed by atoms with Gasteiger partial charge in [0, 0.05) is 32.9 Å². The SMILES string of the molecule is CCN(C)C(=O)CCCCCCCCCC[C@@H]1C[C@H]2CC(=O)CC[C@]2(C)[C@H]2CC[C@]3(C)[C@@H](O)CC[C@H]3[C@H]12. The first kappa shape index (κ1) is 29.1. The second kappa shape index (κ2) is 12.5. The van der Waals surface area contributed by atoms with E-state index >= 15 is 0 Å². The molecule has 0 bridgehead atoms. The summed E-state index contributed by atoms with van der Waals surface area (Å²) in [5.74, 6) is 4.36. The van der Waals surface area contributed by atoms with E-state index in [4.69, 9.17) is 0 Å². The standard InChI is InChI=1S/C33H57NO3/c1-5-34(4)30(37)15-13-11-9-7-6-8-10-12-14-24-22-25-23-26(35)18-20-32(25,2)28-19-21-33(3)27(31(24)28)16-17-29(33)36/h24-25,27-29,31,36H,5-23H2,1-4H3/t24-,25+,27+,28+,29+,31+,32+,33+/m1/s1. The minimum absolute atomic E-state index is 0.108. The van der Waals surface area contributed by atoms with Gasteiger partial charge in [0.1, 0.15) is 5.78 Å². The lowest BCUT2D eigenvalue weighted by Gasteiger charge is -2.62. The van der Waals surface area contributed by atoms with Crippen LogP contribution in [-0.2, 0) is 9.59 Å². The average molecular weight is 516 g/mol. The van der Waals surface area contributed by atoms with E-state index in [2.05, 4.69) is 13.8 Å². The molecule has 0 heterocycles. The van der Waals surface area contributed by atoms with Crippen molar-refractivity contribution >= 4 is 11.7 Å². The average Bonchev–Trinajstić information content (AvgIpc) is 3.19. The number of amides is 1. The summed E-state index contributed by atoms with van der Waals surface area (Å²) in [6.07, 6.45) is 20.7. The van der Waals surface area contributed by atoms with E-state index in [1.165, 1.54) is 77.0 Å². The summed E-state index contributed by atoms with van der Waals surface area (Å²) in [6, 6.07) is 0. The van der Waals surface area contributed by atoms with Crippen LogP contribution in [0.2, 0.25) is 0 Å². The van der Waals surface area contributed by atoms with Crippen molar-refractivity contribution in [3.8, 4) is 0 Å². The van der Waals surface area contributed by atoms with Gasteiger partial charge in [-0.2, -0.15) is 0 Å². The quantitative estimate of drug-likeness (QED) is 0.273. The summed E-state index contributed by atoms with van der Waals surface area (Å²) in [5.41, 5.74) is 0.476. The molecule has 4 saturated carbocycles. The fourth-order valence-electron chi connectivity index (χ4n) is 9.60. The van der Waals surface area contributed by atoms with Crippen LogP contribution < -0.4 is 0 Å². The van der Waals surface area contributed by atoms with Gasteiger partial charge in [-0.3, -0.25) is 9.59 Å². The highest BCUT2D eigenvalue weighted by molar-refractivity contribution is 5.79. The number of ketones is 1. The molecule has 8 atom stereocenters. The summed E-state index contributed by atoms with van der Waals surface area (Å²) in [6.45, 7) is 7.79. The topological polar surface area (TPSA) is 57.6 Å². The van der Waals surface area contributed by atoms with E-state index in [1.54, 1.807) is 0 Å². The van der Waals surface area contributed by atoms with Gasteiger partial charge in [-0.25, -0.2) is 0 Å². The van der Waals surface area contributed by atoms with Crippen LogP contribution in [0.5, 0.6) is 0 Å². The van der Waals surface area contributed by atoms with E-state index in [0.29, 0.717) is 29.5 Å². The summed E-state index contributed by atoms with van der Waals surface area (Å²) in [5, 5.41) is 10.9. The van der Waals surface area contributed by atoms with Crippen molar-refractivity contribution in [2.75, 3.05) is 13.6 Å². The van der Waals surface area contributed by atoms with Crippen molar-refractivity contribution in [1.29, 1.82) is 0 Å². The lowest BCUT2D eigenvalue weighted by Crippen LogP contribution is -2.57. The Balaban J connectivity index is 1.24. The molecule has 0 spiro atoms. The Bertz CT molecular complexity index is 782. The van der Waals surface area contributed by atoms with E-state index in [1.807, 2.05) is 18.9 Å². The molecule has 0 saturated heterocycles. The third-order valence-electron chi connectivity index (χ3n) is 12.2. The number of Topliss-reactive ketones (excluding diaryl/α,β-unsaturated/α-hetero) is 1. The normalized spacial score (nSPS) is 39.1. The van der Waals surface area contributed by atoms with Crippen molar-refractivity contribution in [3.63, 3.8) is 0 Å². The smallest absolute Gasteiger partial charge is 0.222 e. The van der Waals surface area contributed by atoms with Crippen LogP contribution in [0.1, 0.15) is 136 Å². The number of hydrogen-bond donors (Lipinski definition) is 1. The minimum Gasteiger partial charge on any atom is -0.393 e. The molecular weight excluding hydrogens is 458 g/mol. The fourth-order valence-corrected chi connectivity index (χ4v) is 9.60. The van der Waals surface area contributed by atoms with Crippen molar-refractivity contribution < 1.29 is 14.7 Å². The van der Waals surface area contributed by atoms with Crippen LogP contribution in [0, 0.1) is 40.4 Å². The number of nitrogens with zero attached hydrogens (tertiary/aromatic N) is 1. The highest BCUT2D eigenvalue weighted by atomic mass is 16.3. The molecule has 0 aromatic rings. The van der Waals surface area contributed by atoms with Crippen LogP contribution in [-0.4, -0.2) is 41.4 Å². The number of carbonyl (C=O) groups excluding carboxylic acids is 2. The third kappa shape index (κ3) is 6.15. The number of unbranched alkanes of at least 4 members (excludes halogenated alkanes) is 7. The maximum absolute atomic E-state index is 12.5. The summed E-state index contributed by atoms with van der Waals surface area (Å²) in [7, 11) is 1.90. The van der Waals surface area contributed by atoms with Gasteiger partial charge in [0.25, 0.3) is 0 Å². The molecule has 0 aromatic carbocycles. The zero-order valence-corrected chi connectivity index (χ0v) is 24.6. The number of carbonyl (C=O) groups is 2. The Morgan fingerprint density at radius 3 is 2.27 bits per heavy atom. The monoisotopic (exact) mass is 515 g/mol. The zero-order valence-electron chi connectivity index (χ0n) is 24.6. The van der Waals surface area contributed by atoms with Gasteiger partial charge in [-0.1, -0.05) is 65.2 Å². The molecule has 212 valence electrons. The minimum atomic E-state index is -0.108. The Hall–Kier alpha value is -0.900. The molecule has 0 unspecified atom stereocenters. The molecule has 4 rings (SSSR count). The molecule has 1 N–H and O–H groups in total. The number of aliphatic hydroxyl groups is 1. The first-order valence-electron chi connectivity index (χ1n) is 16.1. The first-order chi connectivity index (χ1) is 17.7. The highest BCUT2D eigenvalue weighted by Gasteiger charge is 2.62. The first-order valence-corrected chi connectivity index (χ1v) is 16.1. The van der Waals surface area contributed by atoms with Gasteiger partial charge in [0.15, 0.2) is 0 Å². The third-order valence-corrected chi connectivity index (χ3v) is 12.2. The molecule has 1 amide bonds. The van der Waals surface area contributed by atoms with Crippen LogP contribution in [0.3, 0.4) is 0 Å². The van der Waals surface area contributed by atoms with Gasteiger partial charge in [0.2, 0.25) is 5.91 Å². The number of rotatable bonds is 12. The van der Waals surface area contributed by atoms with Crippen molar-refractivity contribution in [3.05, 3.63) is 0 Å². The fraction of sp³-hybridized carbons (Fsp3) is 0.939. The van der Waals surface area contributed by atoms with Gasteiger partial charge in [-0.15, -0.1) is 0 Å². The lowest BCUT2D eigenvalue weighted by molar-refractivity contribution is -0.156. The van der Waals surface area contributed by atoms with Crippen LogP contribution in [0.15, 0.2) is 0 Å². The molecule has 0 radical (unpaired) electrons. The molecule has 4 heteroatoms. The summed E-state index contributed by atoms with van der Waals surface area (Å²) < 4.78 is 0. The lowest BCUT2D eigenvalue weighted by atomic mass is 9.42. The Morgan fingerprint density at radius 2 is 1.57 bits per heavy atom. The van der Waals surface area contributed by atoms with Gasteiger partial charge >= 0.3 is 0 Å². The van der Waals surface area contributed by atoms with Gasteiger partial charge in [-0.05, 0) is 92.3 Å². The van der Waals surface area contributed by atoms with Gasteiger partial charge < -0.3 is 10.0 Å². The predicted molar refractivity (Wildman–Crippen MR) is 151 cm³/mol. The van der Waals surface area contributed by atoms with E-state index in [0.717, 1.165) is 56.4 Å². The molecule has 4 aliphatic carbocycles. The van der Waals surface area contributed by atoms with Crippen molar-refractivity contribution in [2.24, 2.45) is 40.4 Å². The predicted octanol–water partition coefficient (Wildman–Crippen LogP) is 7.56. The Morgan fingerprint density at radius 1 is 0.919 bits per heavy atom. The highest BCUT2D eigenvalue weighted by Crippen LogP contribution is 2.67. The molecule has 4 nitrogen and oxygen atoms in total. The van der Waals surface area contributed by atoms with E-state index in [-0.39, 0.29) is 17.4 Å². The molecule has 0 aromatic heterocycles. The number of fused-ring (bicyclic) bond motifs is 5. The zero-order chi connectivity index (χ0) is 26.6. The van der Waals surface area contributed by atoms with E-state index in [9.17, 15) is 14.7 Å². The van der Waals surface area contributed by atoms with Crippen LogP contribution in [0.25, 0.3) is 0 Å². The largest absolute Gasteiger partial charge is 0.393 e. The molecule has 37 heavy (non-hydrogen) atoms. The van der Waals surface area contributed by atoms with Crippen LogP contribution >= 0.6 is 0 Å². The van der Waals surface area contributed by atoms with E-state index < -0.39 is 0 Å². The number of aliphatic hydroxyl groups excluding tert-OH is 1. The van der Waals surface area contributed by atoms with Crippen molar-refractivity contribution in [1.82, 2.24) is 4.90 Å². The van der Waals surface area contributed by atoms with Crippen molar-refractivity contribution in [2.45, 2.75) is 142 Å². The molecule has 4 aliphatic rings. The summed E-state index contributed by atoms with van der Waals surface area (Å²) in [4.78, 5) is 26.2. The second-order valence-electron chi connectivity index (χ2n) is 14.1. The maximum atomic E-state index is 12.5. The maximum Gasteiger partial charge on any atom is 0.222 e. The Labute approximate surface area is 227 Å². The molecular formula is C33H57NO3. The van der Waals surface area contributed by atoms with Crippen LogP contribution in [0.4, 0.5) is 0 Å².